The molecule has 1 N–H and O–H groups in total. The van der Waals surface area contributed by atoms with Crippen LogP contribution in [0, 0.1) is 17.8 Å². The number of nitrogens with zero attached hydrogens (tertiary/aromatic N) is 2. The summed E-state index contributed by atoms with van der Waals surface area (Å²) in [5.41, 5.74) is 2.70. The average molecular weight is 435 g/mol. The lowest BCUT2D eigenvalue weighted by molar-refractivity contribution is -0.0101. The topological polar surface area (TPSA) is 35.9 Å². The van der Waals surface area contributed by atoms with Gasteiger partial charge in [-0.05, 0) is 48.1 Å². The fraction of sp³-hybridized carbons (Fsp3) is 0.571. The van der Waals surface area contributed by atoms with Gasteiger partial charge in [-0.3, -0.25) is 9.80 Å². The number of hydrogen-bond acceptors (Lipinski definition) is 4. The number of aliphatic hydroxyl groups excluding tert-OH is 1. The van der Waals surface area contributed by atoms with E-state index in [0.29, 0.717) is 13.2 Å². The molecule has 4 heteroatoms. The molecule has 0 amide bonds. The monoisotopic (exact) mass is 434 g/mol. The summed E-state index contributed by atoms with van der Waals surface area (Å²) in [6, 6.07) is 21.9. The predicted octanol–water partition coefficient (Wildman–Crippen LogP) is 4.21. The standard InChI is InChI=1S/C28H38N2O2/c31-27(21-32-20-26-18-22-11-12-25(26)17-22)19-29-13-15-30(16-14-29)28(23-7-3-1-4-8-23)24-9-5-2-6-10-24/h1-10,22,25-28,31H,11-21H2. The second-order valence-corrected chi connectivity index (χ2v) is 10.2. The van der Waals surface area contributed by atoms with Crippen molar-refractivity contribution in [3.05, 3.63) is 71.8 Å². The van der Waals surface area contributed by atoms with Crippen molar-refractivity contribution in [3.63, 3.8) is 0 Å². The third kappa shape index (κ3) is 5.26. The van der Waals surface area contributed by atoms with E-state index in [1.807, 2.05) is 0 Å². The van der Waals surface area contributed by atoms with E-state index in [1.165, 1.54) is 36.8 Å². The maximum absolute atomic E-state index is 10.6. The lowest BCUT2D eigenvalue weighted by atomic mass is 9.90. The maximum atomic E-state index is 10.6. The molecule has 0 radical (unpaired) electrons. The molecule has 0 aromatic heterocycles. The quantitative estimate of drug-likeness (QED) is 0.641. The second kappa shape index (κ2) is 10.5. The zero-order valence-electron chi connectivity index (χ0n) is 19.2. The van der Waals surface area contributed by atoms with Gasteiger partial charge < -0.3 is 9.84 Å². The zero-order chi connectivity index (χ0) is 21.8. The van der Waals surface area contributed by atoms with E-state index in [1.54, 1.807) is 0 Å². The normalized spacial score (nSPS) is 27.2. The Morgan fingerprint density at radius 1 is 0.844 bits per heavy atom. The first-order valence-corrected chi connectivity index (χ1v) is 12.6. The molecule has 172 valence electrons. The molecule has 2 bridgehead atoms. The molecule has 3 fully saturated rings. The molecule has 2 aliphatic carbocycles. The van der Waals surface area contributed by atoms with Crippen molar-refractivity contribution in [2.75, 3.05) is 45.9 Å². The molecule has 5 rings (SSSR count). The van der Waals surface area contributed by atoms with Gasteiger partial charge in [-0.25, -0.2) is 0 Å². The number of hydrogen-bond donors (Lipinski definition) is 1. The van der Waals surface area contributed by atoms with Crippen LogP contribution in [0.25, 0.3) is 0 Å². The van der Waals surface area contributed by atoms with E-state index < -0.39 is 0 Å². The van der Waals surface area contributed by atoms with Gasteiger partial charge >= 0.3 is 0 Å². The third-order valence-corrected chi connectivity index (χ3v) is 8.00. The van der Waals surface area contributed by atoms with Gasteiger partial charge in [0.1, 0.15) is 0 Å². The van der Waals surface area contributed by atoms with Crippen LogP contribution in [0.5, 0.6) is 0 Å². The van der Waals surface area contributed by atoms with Gasteiger partial charge in [0.05, 0.1) is 18.8 Å². The van der Waals surface area contributed by atoms with E-state index in [2.05, 4.69) is 70.5 Å². The highest BCUT2D eigenvalue weighted by Crippen LogP contribution is 2.48. The molecule has 32 heavy (non-hydrogen) atoms. The summed E-state index contributed by atoms with van der Waals surface area (Å²) in [4.78, 5) is 4.98. The molecule has 3 aliphatic rings. The Morgan fingerprint density at radius 3 is 2.06 bits per heavy atom. The number of benzene rings is 2. The van der Waals surface area contributed by atoms with Gasteiger partial charge in [-0.15, -0.1) is 0 Å². The first-order valence-electron chi connectivity index (χ1n) is 12.6. The molecule has 4 atom stereocenters. The number of ether oxygens (including phenoxy) is 1. The highest BCUT2D eigenvalue weighted by Gasteiger charge is 2.39. The minimum absolute atomic E-state index is 0.287. The van der Waals surface area contributed by atoms with E-state index in [-0.39, 0.29) is 12.1 Å². The van der Waals surface area contributed by atoms with Gasteiger partial charge in [0.2, 0.25) is 0 Å². The lowest BCUT2D eigenvalue weighted by Crippen LogP contribution is -2.50. The lowest BCUT2D eigenvalue weighted by Gasteiger charge is -2.40. The van der Waals surface area contributed by atoms with Crippen LogP contribution in [0.1, 0.15) is 42.9 Å². The summed E-state index contributed by atoms with van der Waals surface area (Å²) >= 11 is 0. The summed E-state index contributed by atoms with van der Waals surface area (Å²) in [5, 5.41) is 10.6. The van der Waals surface area contributed by atoms with Crippen LogP contribution in [0.2, 0.25) is 0 Å². The maximum Gasteiger partial charge on any atom is 0.0900 e. The van der Waals surface area contributed by atoms with Crippen molar-refractivity contribution < 1.29 is 9.84 Å². The zero-order valence-corrected chi connectivity index (χ0v) is 19.2. The molecular weight excluding hydrogens is 396 g/mol. The minimum atomic E-state index is -0.390. The van der Waals surface area contributed by atoms with Gasteiger partial charge in [0.25, 0.3) is 0 Å². The van der Waals surface area contributed by atoms with Crippen LogP contribution >= 0.6 is 0 Å². The first-order chi connectivity index (χ1) is 15.8. The minimum Gasteiger partial charge on any atom is -0.389 e. The Morgan fingerprint density at radius 2 is 1.50 bits per heavy atom. The summed E-state index contributed by atoms with van der Waals surface area (Å²) in [7, 11) is 0. The van der Waals surface area contributed by atoms with Crippen LogP contribution < -0.4 is 0 Å². The SMILES string of the molecule is OC(COCC1CC2CCC1C2)CN1CCN(C(c2ccccc2)c2ccccc2)CC1. The van der Waals surface area contributed by atoms with E-state index in [4.69, 9.17) is 4.74 Å². The van der Waals surface area contributed by atoms with Crippen molar-refractivity contribution in [3.8, 4) is 0 Å². The third-order valence-electron chi connectivity index (χ3n) is 8.00. The summed E-state index contributed by atoms with van der Waals surface area (Å²) in [5.74, 6) is 2.61. The van der Waals surface area contributed by atoms with Crippen molar-refractivity contribution in [2.24, 2.45) is 17.8 Å². The number of fused-ring (bicyclic) bond motifs is 2. The van der Waals surface area contributed by atoms with Crippen LogP contribution in [0.15, 0.2) is 60.7 Å². The fourth-order valence-electron chi connectivity index (χ4n) is 6.38. The number of aliphatic hydroxyl groups is 1. The Kier molecular flexibility index (Phi) is 7.23. The Balaban J connectivity index is 1.10. The number of rotatable bonds is 9. The molecule has 2 saturated carbocycles. The van der Waals surface area contributed by atoms with Crippen LogP contribution in [-0.4, -0.2) is 66.9 Å². The van der Waals surface area contributed by atoms with Crippen LogP contribution in [0.4, 0.5) is 0 Å². The molecule has 4 unspecified atom stereocenters. The first kappa shape index (κ1) is 22.1. The Labute approximate surface area is 193 Å². The molecule has 1 saturated heterocycles. The van der Waals surface area contributed by atoms with Crippen molar-refractivity contribution in [1.82, 2.24) is 9.80 Å². The number of β-amino-alcohol motifs (C(OH)–C–C–N with tert-alkyl or cyclic N) is 1. The van der Waals surface area contributed by atoms with Crippen molar-refractivity contribution in [1.29, 1.82) is 0 Å². The largest absolute Gasteiger partial charge is 0.389 e. The molecular formula is C28H38N2O2. The smallest absolute Gasteiger partial charge is 0.0900 e. The highest BCUT2D eigenvalue weighted by atomic mass is 16.5. The average Bonchev–Trinajstić information content (AvgIpc) is 3.45. The molecule has 1 aliphatic heterocycles. The van der Waals surface area contributed by atoms with Gasteiger partial charge in [0.15, 0.2) is 0 Å². The molecule has 1 heterocycles. The van der Waals surface area contributed by atoms with Crippen molar-refractivity contribution in [2.45, 2.75) is 37.8 Å². The van der Waals surface area contributed by atoms with E-state index in [0.717, 1.165) is 50.5 Å². The van der Waals surface area contributed by atoms with Crippen LogP contribution in [-0.2, 0) is 4.74 Å². The van der Waals surface area contributed by atoms with Crippen LogP contribution in [0.3, 0.4) is 0 Å². The van der Waals surface area contributed by atoms with E-state index in [9.17, 15) is 5.11 Å². The molecule has 2 aromatic carbocycles. The molecule has 4 nitrogen and oxygen atoms in total. The fourth-order valence-corrected chi connectivity index (χ4v) is 6.38. The molecule has 0 spiro atoms. The molecule has 2 aromatic rings. The Bertz CT molecular complexity index is 782. The summed E-state index contributed by atoms with van der Waals surface area (Å²) in [6.45, 7) is 6.03. The van der Waals surface area contributed by atoms with Crippen molar-refractivity contribution >= 4 is 0 Å². The highest BCUT2D eigenvalue weighted by molar-refractivity contribution is 5.31. The number of piperazine rings is 1. The second-order valence-electron chi connectivity index (χ2n) is 10.2. The summed E-state index contributed by atoms with van der Waals surface area (Å²) < 4.78 is 5.96. The Hall–Kier alpha value is -1.72. The van der Waals surface area contributed by atoms with Gasteiger partial charge in [-0.1, -0.05) is 67.1 Å². The van der Waals surface area contributed by atoms with Gasteiger partial charge in [0, 0.05) is 39.3 Å². The summed E-state index contributed by atoms with van der Waals surface area (Å²) in [6.07, 6.45) is 5.23. The predicted molar refractivity (Wildman–Crippen MR) is 129 cm³/mol. The van der Waals surface area contributed by atoms with Gasteiger partial charge in [-0.2, -0.15) is 0 Å². The van der Waals surface area contributed by atoms with E-state index >= 15 is 0 Å².